The number of aromatic nitrogens is 2. The monoisotopic (exact) mass is 400 g/mol. The van der Waals surface area contributed by atoms with E-state index in [-0.39, 0.29) is 18.1 Å². The van der Waals surface area contributed by atoms with Crippen LogP contribution in [-0.2, 0) is 19.8 Å². The van der Waals surface area contributed by atoms with Crippen LogP contribution in [0.2, 0.25) is 5.02 Å². The van der Waals surface area contributed by atoms with Gasteiger partial charge in [-0.3, -0.25) is 4.68 Å². The number of nitrogens with two attached hydrogens (primary N) is 1. The van der Waals surface area contributed by atoms with Crippen molar-refractivity contribution in [3.63, 3.8) is 0 Å². The van der Waals surface area contributed by atoms with Gasteiger partial charge in [0.05, 0.1) is 6.54 Å². The van der Waals surface area contributed by atoms with Gasteiger partial charge in [-0.1, -0.05) is 11.6 Å². The zero-order valence-electron chi connectivity index (χ0n) is 14.7. The highest BCUT2D eigenvalue weighted by atomic mass is 35.5. The van der Waals surface area contributed by atoms with Crippen molar-refractivity contribution in [1.29, 1.82) is 0 Å². The molecule has 1 fully saturated rings. The minimum Gasteiger partial charge on any atom is -0.370 e. The number of halogens is 4. The van der Waals surface area contributed by atoms with E-state index in [4.69, 9.17) is 17.3 Å². The maximum atomic E-state index is 13.0. The first-order valence-electron chi connectivity index (χ1n) is 8.39. The van der Waals surface area contributed by atoms with Gasteiger partial charge in [0, 0.05) is 55.7 Å². The largest absolute Gasteiger partial charge is 0.435 e. The molecule has 0 amide bonds. The summed E-state index contributed by atoms with van der Waals surface area (Å²) in [7, 11) is 1.45. The normalized spacial score (nSPS) is 16.1. The number of aliphatic imine (C=N–C) groups is 1. The number of benzene rings is 1. The summed E-state index contributed by atoms with van der Waals surface area (Å²) in [6, 6.07) is 7.59. The lowest BCUT2D eigenvalue weighted by atomic mass is 10.2. The third-order valence-electron chi connectivity index (χ3n) is 4.38. The minimum atomic E-state index is -4.51. The summed E-state index contributed by atoms with van der Waals surface area (Å²) in [4.78, 5) is 8.21. The van der Waals surface area contributed by atoms with Gasteiger partial charge in [-0.2, -0.15) is 18.3 Å². The van der Waals surface area contributed by atoms with Crippen LogP contribution in [0.5, 0.6) is 0 Å². The standard InChI is InChI=1S/C17H20ClF3N6/c1-25-11-12(15(24-25)17(19,20)21)10-23-16(22)27-8-6-26(7-9-27)14-4-2-13(18)3-5-14/h2-5,11H,6-10H2,1H3,(H2,22,23). The highest BCUT2D eigenvalue weighted by Crippen LogP contribution is 2.30. The maximum absolute atomic E-state index is 13.0. The van der Waals surface area contributed by atoms with Crippen LogP contribution >= 0.6 is 11.6 Å². The Labute approximate surface area is 160 Å². The predicted molar refractivity (Wildman–Crippen MR) is 98.8 cm³/mol. The van der Waals surface area contributed by atoms with Crippen molar-refractivity contribution < 1.29 is 13.2 Å². The first kappa shape index (κ1) is 19.3. The molecule has 0 unspecified atom stereocenters. The molecular formula is C17H20ClF3N6. The molecule has 0 radical (unpaired) electrons. The Bertz CT molecular complexity index is 807. The zero-order valence-corrected chi connectivity index (χ0v) is 15.5. The maximum Gasteiger partial charge on any atom is 0.435 e. The number of hydrogen-bond acceptors (Lipinski definition) is 3. The van der Waals surface area contributed by atoms with Gasteiger partial charge >= 0.3 is 6.18 Å². The Hall–Kier alpha value is -2.42. The first-order chi connectivity index (χ1) is 12.7. The molecule has 2 N–H and O–H groups in total. The highest BCUT2D eigenvalue weighted by molar-refractivity contribution is 6.30. The molecule has 27 heavy (non-hydrogen) atoms. The minimum absolute atomic E-state index is 0.00718. The van der Waals surface area contributed by atoms with Gasteiger partial charge in [0.1, 0.15) is 0 Å². The Morgan fingerprint density at radius 1 is 1.19 bits per heavy atom. The molecule has 3 rings (SSSR count). The molecule has 2 heterocycles. The van der Waals surface area contributed by atoms with E-state index in [0.717, 1.165) is 23.5 Å². The quantitative estimate of drug-likeness (QED) is 0.635. The second-order valence-corrected chi connectivity index (χ2v) is 6.74. The molecule has 0 atom stereocenters. The summed E-state index contributed by atoms with van der Waals surface area (Å²) >= 11 is 5.91. The van der Waals surface area contributed by atoms with Crippen molar-refractivity contribution in [3.05, 3.63) is 46.7 Å². The average molecular weight is 401 g/mol. The van der Waals surface area contributed by atoms with Crippen molar-refractivity contribution in [2.24, 2.45) is 17.8 Å². The second kappa shape index (κ2) is 7.67. The molecule has 1 aromatic heterocycles. The fraction of sp³-hybridized carbons (Fsp3) is 0.412. The third-order valence-corrected chi connectivity index (χ3v) is 4.63. The number of hydrogen-bond donors (Lipinski definition) is 1. The summed E-state index contributed by atoms with van der Waals surface area (Å²) in [5.74, 6) is 0.239. The Morgan fingerprint density at radius 3 is 2.41 bits per heavy atom. The van der Waals surface area contributed by atoms with Crippen LogP contribution in [-0.4, -0.2) is 46.8 Å². The van der Waals surface area contributed by atoms with Crippen molar-refractivity contribution in [2.45, 2.75) is 12.7 Å². The number of piperazine rings is 1. The summed E-state index contributed by atoms with van der Waals surface area (Å²) in [6.45, 7) is 2.58. The molecule has 10 heteroatoms. The Morgan fingerprint density at radius 2 is 1.81 bits per heavy atom. The molecule has 1 aromatic carbocycles. The lowest BCUT2D eigenvalue weighted by Crippen LogP contribution is -2.51. The lowest BCUT2D eigenvalue weighted by Gasteiger charge is -2.36. The van der Waals surface area contributed by atoms with Gasteiger partial charge in [-0.25, -0.2) is 4.99 Å². The fourth-order valence-electron chi connectivity index (χ4n) is 3.00. The molecule has 1 aliphatic heterocycles. The van der Waals surface area contributed by atoms with Crippen LogP contribution < -0.4 is 10.6 Å². The van der Waals surface area contributed by atoms with Crippen LogP contribution in [0.4, 0.5) is 18.9 Å². The van der Waals surface area contributed by atoms with Crippen molar-refractivity contribution in [2.75, 3.05) is 31.1 Å². The van der Waals surface area contributed by atoms with E-state index < -0.39 is 11.9 Å². The van der Waals surface area contributed by atoms with Gasteiger partial charge in [-0.05, 0) is 24.3 Å². The molecule has 0 spiro atoms. The second-order valence-electron chi connectivity index (χ2n) is 6.30. The number of nitrogens with zero attached hydrogens (tertiary/aromatic N) is 5. The van der Waals surface area contributed by atoms with Gasteiger partial charge < -0.3 is 15.5 Å². The number of alkyl halides is 3. The molecule has 0 aliphatic carbocycles. The molecule has 1 aliphatic rings. The van der Waals surface area contributed by atoms with Gasteiger partial charge in [0.25, 0.3) is 0 Å². The van der Waals surface area contributed by atoms with Crippen LogP contribution in [0.3, 0.4) is 0 Å². The molecular weight excluding hydrogens is 381 g/mol. The molecule has 146 valence electrons. The highest BCUT2D eigenvalue weighted by Gasteiger charge is 2.36. The first-order valence-corrected chi connectivity index (χ1v) is 8.77. The van der Waals surface area contributed by atoms with E-state index >= 15 is 0 Å². The van der Waals surface area contributed by atoms with Crippen molar-refractivity contribution in [1.82, 2.24) is 14.7 Å². The summed E-state index contributed by atoms with van der Waals surface area (Å²) in [5.41, 5.74) is 6.15. The third kappa shape index (κ3) is 4.65. The summed E-state index contributed by atoms with van der Waals surface area (Å²) in [5, 5.41) is 4.16. The van der Waals surface area contributed by atoms with E-state index in [9.17, 15) is 13.2 Å². The predicted octanol–water partition coefficient (Wildman–Crippen LogP) is 2.73. The summed E-state index contributed by atoms with van der Waals surface area (Å²) < 4.78 is 40.1. The topological polar surface area (TPSA) is 62.7 Å². The Balaban J connectivity index is 1.61. The number of anilines is 1. The Kier molecular flexibility index (Phi) is 5.50. The van der Waals surface area contributed by atoms with Crippen LogP contribution in [0, 0.1) is 0 Å². The average Bonchev–Trinajstić information content (AvgIpc) is 3.02. The molecule has 2 aromatic rings. The van der Waals surface area contributed by atoms with E-state index in [1.54, 1.807) is 0 Å². The molecule has 0 saturated carbocycles. The van der Waals surface area contributed by atoms with E-state index in [0.29, 0.717) is 18.1 Å². The van der Waals surface area contributed by atoms with E-state index in [1.165, 1.54) is 13.2 Å². The molecule has 1 saturated heterocycles. The zero-order chi connectivity index (χ0) is 19.6. The lowest BCUT2D eigenvalue weighted by molar-refractivity contribution is -0.142. The number of rotatable bonds is 3. The SMILES string of the molecule is Cn1cc(CN=C(N)N2CCN(c3ccc(Cl)cc3)CC2)c(C(F)(F)F)n1. The smallest absolute Gasteiger partial charge is 0.370 e. The van der Waals surface area contributed by atoms with Crippen LogP contribution in [0.15, 0.2) is 35.5 Å². The van der Waals surface area contributed by atoms with Crippen LogP contribution in [0.1, 0.15) is 11.3 Å². The van der Waals surface area contributed by atoms with Crippen molar-refractivity contribution in [3.8, 4) is 0 Å². The number of aryl methyl sites for hydroxylation is 1. The van der Waals surface area contributed by atoms with E-state index in [1.807, 2.05) is 29.2 Å². The van der Waals surface area contributed by atoms with Gasteiger partial charge in [0.15, 0.2) is 11.7 Å². The van der Waals surface area contributed by atoms with Crippen molar-refractivity contribution >= 4 is 23.2 Å². The van der Waals surface area contributed by atoms with Crippen LogP contribution in [0.25, 0.3) is 0 Å². The van der Waals surface area contributed by atoms with Gasteiger partial charge in [-0.15, -0.1) is 0 Å². The fourth-order valence-corrected chi connectivity index (χ4v) is 3.13. The van der Waals surface area contributed by atoms with Gasteiger partial charge in [0.2, 0.25) is 0 Å². The molecule has 6 nitrogen and oxygen atoms in total. The molecule has 0 bridgehead atoms. The number of guanidine groups is 1. The summed E-state index contributed by atoms with van der Waals surface area (Å²) in [6.07, 6.45) is -3.19. The van der Waals surface area contributed by atoms with E-state index in [2.05, 4.69) is 15.0 Å².